The van der Waals surface area contributed by atoms with Crippen LogP contribution >= 0.6 is 0 Å². The standard InChI is InChI=1S/C11H23NO6/c1-4-17-10(12)11(2,3)18-8(6-14)9(16)7(15)5-13/h6-10,13,15-16H,4-5,12H2,1-3H3/t7-,8+,9-,10?/m1/s1. The first-order chi connectivity index (χ1) is 8.30. The molecule has 7 heteroatoms. The van der Waals surface area contributed by atoms with Gasteiger partial charge in [0.25, 0.3) is 0 Å². The molecule has 0 aromatic carbocycles. The van der Waals surface area contributed by atoms with Gasteiger partial charge >= 0.3 is 0 Å². The third-order valence-corrected chi connectivity index (χ3v) is 2.52. The lowest BCUT2D eigenvalue weighted by Crippen LogP contribution is -2.53. The second kappa shape index (κ2) is 7.78. The van der Waals surface area contributed by atoms with Gasteiger partial charge in [-0.05, 0) is 20.8 Å². The average molecular weight is 265 g/mol. The number of aliphatic hydroxyl groups excluding tert-OH is 3. The van der Waals surface area contributed by atoms with Crippen LogP contribution in [0.5, 0.6) is 0 Å². The summed E-state index contributed by atoms with van der Waals surface area (Å²) in [5.41, 5.74) is 4.69. The van der Waals surface area contributed by atoms with Crippen molar-refractivity contribution < 1.29 is 29.6 Å². The van der Waals surface area contributed by atoms with Crippen molar-refractivity contribution in [2.75, 3.05) is 13.2 Å². The van der Waals surface area contributed by atoms with Gasteiger partial charge in [0.1, 0.15) is 30.1 Å². The number of carbonyl (C=O) groups is 1. The molecule has 0 radical (unpaired) electrons. The summed E-state index contributed by atoms with van der Waals surface area (Å²) in [5, 5.41) is 27.6. The van der Waals surface area contributed by atoms with Gasteiger partial charge in [-0.25, -0.2) is 0 Å². The van der Waals surface area contributed by atoms with E-state index < -0.39 is 36.7 Å². The Kier molecular flexibility index (Phi) is 7.53. The van der Waals surface area contributed by atoms with Gasteiger partial charge in [-0.2, -0.15) is 0 Å². The summed E-state index contributed by atoms with van der Waals surface area (Å²) in [6.07, 6.45) is -4.72. The van der Waals surface area contributed by atoms with Crippen LogP contribution < -0.4 is 5.73 Å². The zero-order valence-corrected chi connectivity index (χ0v) is 10.9. The summed E-state index contributed by atoms with van der Waals surface area (Å²) in [6.45, 7) is 4.66. The van der Waals surface area contributed by atoms with Crippen molar-refractivity contribution in [1.82, 2.24) is 0 Å². The first kappa shape index (κ1) is 17.4. The molecule has 108 valence electrons. The molecule has 0 heterocycles. The Morgan fingerprint density at radius 3 is 2.33 bits per heavy atom. The zero-order valence-electron chi connectivity index (χ0n) is 10.9. The van der Waals surface area contributed by atoms with Crippen molar-refractivity contribution in [3.8, 4) is 0 Å². The van der Waals surface area contributed by atoms with Gasteiger partial charge in [-0.3, -0.25) is 0 Å². The average Bonchev–Trinajstić information content (AvgIpc) is 2.34. The Hall–Kier alpha value is -0.570. The van der Waals surface area contributed by atoms with Crippen molar-refractivity contribution in [1.29, 1.82) is 0 Å². The van der Waals surface area contributed by atoms with E-state index in [9.17, 15) is 15.0 Å². The van der Waals surface area contributed by atoms with E-state index in [4.69, 9.17) is 20.3 Å². The molecule has 0 aliphatic carbocycles. The van der Waals surface area contributed by atoms with Crippen LogP contribution in [0.25, 0.3) is 0 Å². The quantitative estimate of drug-likeness (QED) is 0.292. The Balaban J connectivity index is 4.65. The molecule has 7 nitrogen and oxygen atoms in total. The highest BCUT2D eigenvalue weighted by atomic mass is 16.6. The number of carbonyl (C=O) groups excluding carboxylic acids is 1. The first-order valence-corrected chi connectivity index (χ1v) is 5.77. The molecule has 0 aliphatic rings. The lowest BCUT2D eigenvalue weighted by molar-refractivity contribution is -0.188. The van der Waals surface area contributed by atoms with E-state index in [-0.39, 0.29) is 0 Å². The Morgan fingerprint density at radius 1 is 1.39 bits per heavy atom. The van der Waals surface area contributed by atoms with Crippen LogP contribution in [0.1, 0.15) is 20.8 Å². The van der Waals surface area contributed by atoms with Crippen molar-refractivity contribution in [2.45, 2.75) is 50.9 Å². The number of aldehydes is 1. The lowest BCUT2D eigenvalue weighted by atomic mass is 10.1. The maximum Gasteiger partial charge on any atom is 0.151 e. The molecular formula is C11H23NO6. The van der Waals surface area contributed by atoms with E-state index in [1.165, 1.54) is 0 Å². The summed E-state index contributed by atoms with van der Waals surface area (Å²) in [7, 11) is 0. The number of nitrogens with two attached hydrogens (primary N) is 1. The normalized spacial score (nSPS) is 19.1. The van der Waals surface area contributed by atoms with Crippen LogP contribution in [0.15, 0.2) is 0 Å². The maximum absolute atomic E-state index is 10.9. The second-order valence-corrected chi connectivity index (χ2v) is 4.44. The van der Waals surface area contributed by atoms with E-state index in [0.29, 0.717) is 12.9 Å². The van der Waals surface area contributed by atoms with Crippen LogP contribution in [0.3, 0.4) is 0 Å². The molecule has 5 N–H and O–H groups in total. The van der Waals surface area contributed by atoms with Crippen LogP contribution in [0.4, 0.5) is 0 Å². The number of ether oxygens (including phenoxy) is 2. The molecule has 0 bridgehead atoms. The van der Waals surface area contributed by atoms with E-state index in [1.807, 2.05) is 0 Å². The summed E-state index contributed by atoms with van der Waals surface area (Å²) in [6, 6.07) is 0. The van der Waals surface area contributed by atoms with Gasteiger partial charge in [0.15, 0.2) is 6.29 Å². The van der Waals surface area contributed by atoms with Crippen LogP contribution in [0, 0.1) is 0 Å². The van der Waals surface area contributed by atoms with Crippen LogP contribution in [-0.2, 0) is 14.3 Å². The van der Waals surface area contributed by atoms with Gasteiger partial charge in [-0.15, -0.1) is 0 Å². The molecule has 4 atom stereocenters. The molecular weight excluding hydrogens is 242 g/mol. The molecule has 0 aliphatic heterocycles. The third-order valence-electron chi connectivity index (χ3n) is 2.52. The van der Waals surface area contributed by atoms with Gasteiger partial charge < -0.3 is 35.3 Å². The molecule has 0 amide bonds. The first-order valence-electron chi connectivity index (χ1n) is 5.77. The van der Waals surface area contributed by atoms with Gasteiger partial charge in [0.05, 0.1) is 6.61 Å². The van der Waals surface area contributed by atoms with Crippen molar-refractivity contribution >= 4 is 6.29 Å². The Bertz CT molecular complexity index is 248. The predicted octanol–water partition coefficient (Wildman–Crippen LogP) is -1.62. The minimum atomic E-state index is -1.53. The van der Waals surface area contributed by atoms with E-state index in [0.717, 1.165) is 0 Å². The molecule has 0 aromatic rings. The molecule has 1 unspecified atom stereocenters. The fraction of sp³-hybridized carbons (Fsp3) is 0.909. The highest BCUT2D eigenvalue weighted by molar-refractivity contribution is 5.57. The minimum absolute atomic E-state index is 0.351. The largest absolute Gasteiger partial charge is 0.394 e. The van der Waals surface area contributed by atoms with E-state index in [1.54, 1.807) is 20.8 Å². The molecule has 0 fully saturated rings. The van der Waals surface area contributed by atoms with Gasteiger partial charge in [0, 0.05) is 6.61 Å². The van der Waals surface area contributed by atoms with E-state index >= 15 is 0 Å². The minimum Gasteiger partial charge on any atom is -0.394 e. The van der Waals surface area contributed by atoms with Gasteiger partial charge in [0.2, 0.25) is 0 Å². The highest BCUT2D eigenvalue weighted by Crippen LogP contribution is 2.18. The number of hydrogen-bond donors (Lipinski definition) is 4. The highest BCUT2D eigenvalue weighted by Gasteiger charge is 2.36. The zero-order chi connectivity index (χ0) is 14.3. The van der Waals surface area contributed by atoms with Gasteiger partial charge in [-0.1, -0.05) is 0 Å². The van der Waals surface area contributed by atoms with Crippen LogP contribution in [0.2, 0.25) is 0 Å². The van der Waals surface area contributed by atoms with Crippen molar-refractivity contribution in [2.24, 2.45) is 5.73 Å². The summed E-state index contributed by atoms with van der Waals surface area (Å²) < 4.78 is 10.5. The summed E-state index contributed by atoms with van der Waals surface area (Å²) in [5.74, 6) is 0. The fourth-order valence-corrected chi connectivity index (χ4v) is 1.30. The maximum atomic E-state index is 10.9. The number of hydrogen-bond acceptors (Lipinski definition) is 7. The Morgan fingerprint density at radius 2 is 1.94 bits per heavy atom. The molecule has 0 rings (SSSR count). The van der Waals surface area contributed by atoms with Crippen molar-refractivity contribution in [3.63, 3.8) is 0 Å². The SMILES string of the molecule is CCOC(N)C(C)(C)O[C@@H](C=O)[C@H](O)[C@H](O)CO. The molecule has 0 aromatic heterocycles. The lowest BCUT2D eigenvalue weighted by Gasteiger charge is -2.35. The predicted molar refractivity (Wildman–Crippen MR) is 63.7 cm³/mol. The number of rotatable bonds is 9. The smallest absolute Gasteiger partial charge is 0.151 e. The Labute approximate surface area is 106 Å². The molecule has 0 saturated heterocycles. The summed E-state index contributed by atoms with van der Waals surface area (Å²) >= 11 is 0. The summed E-state index contributed by atoms with van der Waals surface area (Å²) in [4.78, 5) is 10.9. The fourth-order valence-electron chi connectivity index (χ4n) is 1.30. The van der Waals surface area contributed by atoms with E-state index in [2.05, 4.69) is 0 Å². The van der Waals surface area contributed by atoms with Crippen molar-refractivity contribution in [3.05, 3.63) is 0 Å². The third kappa shape index (κ3) is 4.97. The topological polar surface area (TPSA) is 122 Å². The second-order valence-electron chi connectivity index (χ2n) is 4.44. The molecule has 0 spiro atoms. The van der Waals surface area contributed by atoms with Crippen LogP contribution in [-0.4, -0.2) is 65.0 Å². The molecule has 18 heavy (non-hydrogen) atoms. The molecule has 0 saturated carbocycles. The number of aliphatic hydroxyl groups is 3. The monoisotopic (exact) mass is 265 g/mol.